The van der Waals surface area contributed by atoms with Crippen molar-refractivity contribution in [2.75, 3.05) is 19.6 Å². The van der Waals surface area contributed by atoms with Gasteiger partial charge in [0.15, 0.2) is 0 Å². The molecule has 0 saturated carbocycles. The molecule has 3 rings (SSSR count). The molecule has 2 heterocycles. The van der Waals surface area contributed by atoms with E-state index in [9.17, 15) is 0 Å². The topological polar surface area (TPSA) is 28.4 Å². The fourth-order valence-corrected chi connectivity index (χ4v) is 3.68. The number of aryl methyl sites for hydroxylation is 1. The lowest BCUT2D eigenvalue weighted by molar-refractivity contribution is 0.156. The van der Waals surface area contributed by atoms with Gasteiger partial charge in [0.1, 0.15) is 5.76 Å². The number of nitrogens with one attached hydrogen (secondary N) is 1. The molecule has 1 aromatic rings. The number of hydrogen-bond acceptors (Lipinski definition) is 3. The lowest BCUT2D eigenvalue weighted by Crippen LogP contribution is -2.45. The number of hydrogen-bond donors (Lipinski definition) is 1. The standard InChI is InChI=1S/C16H26N2O/c1-2-18(12-13-6-3-4-10-17-13)15-7-5-8-16-14(15)9-11-19-16/h9,11,13,15,17H,2-8,10,12H2,1H3. The van der Waals surface area contributed by atoms with Crippen LogP contribution < -0.4 is 5.32 Å². The van der Waals surface area contributed by atoms with Gasteiger partial charge in [-0.25, -0.2) is 0 Å². The molecule has 2 aliphatic rings. The first-order chi connectivity index (χ1) is 9.38. The SMILES string of the molecule is CCN(CC1CCCCN1)C1CCCc2occc21. The molecule has 19 heavy (non-hydrogen) atoms. The molecule has 3 heteroatoms. The van der Waals surface area contributed by atoms with Gasteiger partial charge in [0.05, 0.1) is 6.26 Å². The second-order valence-electron chi connectivity index (χ2n) is 5.94. The van der Waals surface area contributed by atoms with E-state index in [0.29, 0.717) is 12.1 Å². The van der Waals surface area contributed by atoms with E-state index < -0.39 is 0 Å². The third-order valence-electron chi connectivity index (χ3n) is 4.73. The van der Waals surface area contributed by atoms with Gasteiger partial charge in [-0.05, 0) is 44.8 Å². The Morgan fingerprint density at radius 1 is 1.32 bits per heavy atom. The summed E-state index contributed by atoms with van der Waals surface area (Å²) in [6.45, 7) is 5.81. The van der Waals surface area contributed by atoms with Crippen LogP contribution in [0.1, 0.15) is 56.4 Å². The molecule has 0 amide bonds. The highest BCUT2D eigenvalue weighted by Gasteiger charge is 2.28. The fourth-order valence-electron chi connectivity index (χ4n) is 3.68. The zero-order chi connectivity index (χ0) is 13.1. The van der Waals surface area contributed by atoms with E-state index in [1.54, 1.807) is 0 Å². The molecule has 1 aliphatic heterocycles. The van der Waals surface area contributed by atoms with Crippen LogP contribution in [0, 0.1) is 0 Å². The summed E-state index contributed by atoms with van der Waals surface area (Å²) in [5.74, 6) is 1.23. The Labute approximate surface area is 116 Å². The van der Waals surface area contributed by atoms with Crippen molar-refractivity contribution in [1.82, 2.24) is 10.2 Å². The maximum Gasteiger partial charge on any atom is 0.108 e. The minimum Gasteiger partial charge on any atom is -0.469 e. The first kappa shape index (κ1) is 13.2. The predicted octanol–water partition coefficient (Wildman–Crippen LogP) is 3.12. The van der Waals surface area contributed by atoms with Gasteiger partial charge in [0.2, 0.25) is 0 Å². The molecule has 1 aliphatic carbocycles. The third-order valence-corrected chi connectivity index (χ3v) is 4.73. The Balaban J connectivity index is 1.69. The maximum absolute atomic E-state index is 5.63. The van der Waals surface area contributed by atoms with Crippen molar-refractivity contribution in [3.8, 4) is 0 Å². The summed E-state index contributed by atoms with van der Waals surface area (Å²) < 4.78 is 5.63. The monoisotopic (exact) mass is 262 g/mol. The Kier molecular flexibility index (Phi) is 4.24. The van der Waals surface area contributed by atoms with Crippen molar-refractivity contribution < 1.29 is 4.42 Å². The van der Waals surface area contributed by atoms with E-state index >= 15 is 0 Å². The lowest BCUT2D eigenvalue weighted by Gasteiger charge is -2.37. The zero-order valence-electron chi connectivity index (χ0n) is 12.0. The number of nitrogens with zero attached hydrogens (tertiary/aromatic N) is 1. The Bertz CT molecular complexity index is 395. The van der Waals surface area contributed by atoms with Gasteiger partial charge >= 0.3 is 0 Å². The Hall–Kier alpha value is -0.800. The summed E-state index contributed by atoms with van der Waals surface area (Å²) in [4.78, 5) is 2.65. The fraction of sp³-hybridized carbons (Fsp3) is 0.750. The molecule has 1 N–H and O–H groups in total. The van der Waals surface area contributed by atoms with Gasteiger partial charge in [-0.15, -0.1) is 0 Å². The van der Waals surface area contributed by atoms with Gasteiger partial charge in [-0.1, -0.05) is 13.3 Å². The largest absolute Gasteiger partial charge is 0.469 e. The molecule has 2 atom stereocenters. The average Bonchev–Trinajstić information content (AvgIpc) is 2.94. The smallest absolute Gasteiger partial charge is 0.108 e. The number of furan rings is 1. The molecule has 2 unspecified atom stereocenters. The van der Waals surface area contributed by atoms with E-state index in [1.807, 2.05) is 6.26 Å². The lowest BCUT2D eigenvalue weighted by atomic mass is 9.91. The molecule has 0 radical (unpaired) electrons. The summed E-state index contributed by atoms with van der Waals surface area (Å²) in [5, 5.41) is 3.68. The van der Waals surface area contributed by atoms with Crippen LogP contribution in [0.4, 0.5) is 0 Å². The van der Waals surface area contributed by atoms with E-state index in [1.165, 1.54) is 56.5 Å². The summed E-state index contributed by atoms with van der Waals surface area (Å²) in [7, 11) is 0. The van der Waals surface area contributed by atoms with Crippen LogP contribution in [0.2, 0.25) is 0 Å². The van der Waals surface area contributed by atoms with Crippen LogP contribution in [0.15, 0.2) is 16.7 Å². The van der Waals surface area contributed by atoms with E-state index in [4.69, 9.17) is 4.42 Å². The van der Waals surface area contributed by atoms with Crippen LogP contribution in [0.5, 0.6) is 0 Å². The van der Waals surface area contributed by atoms with Gasteiger partial charge in [0.25, 0.3) is 0 Å². The molecule has 0 aromatic carbocycles. The second kappa shape index (κ2) is 6.10. The summed E-state index contributed by atoms with van der Waals surface area (Å²) >= 11 is 0. The average molecular weight is 262 g/mol. The van der Waals surface area contributed by atoms with Crippen LogP contribution in [-0.4, -0.2) is 30.6 Å². The molecular weight excluding hydrogens is 236 g/mol. The molecule has 0 bridgehead atoms. The number of likely N-dealkylation sites (N-methyl/N-ethyl adjacent to an activating group) is 1. The quantitative estimate of drug-likeness (QED) is 0.903. The van der Waals surface area contributed by atoms with Crippen molar-refractivity contribution >= 4 is 0 Å². The van der Waals surface area contributed by atoms with E-state index in [0.717, 1.165) is 13.0 Å². The third kappa shape index (κ3) is 2.87. The molecule has 3 nitrogen and oxygen atoms in total. The molecule has 1 fully saturated rings. The highest BCUT2D eigenvalue weighted by Crippen LogP contribution is 2.35. The number of fused-ring (bicyclic) bond motifs is 1. The first-order valence-electron chi connectivity index (χ1n) is 7.92. The minimum atomic E-state index is 0.580. The highest BCUT2D eigenvalue weighted by atomic mass is 16.3. The normalized spacial score (nSPS) is 27.5. The van der Waals surface area contributed by atoms with Crippen molar-refractivity contribution in [1.29, 1.82) is 0 Å². The van der Waals surface area contributed by atoms with E-state index in [-0.39, 0.29) is 0 Å². The van der Waals surface area contributed by atoms with Gasteiger partial charge in [-0.2, -0.15) is 0 Å². The van der Waals surface area contributed by atoms with Crippen molar-refractivity contribution in [2.45, 2.75) is 57.5 Å². The van der Waals surface area contributed by atoms with Gasteiger partial charge in [-0.3, -0.25) is 4.90 Å². The first-order valence-corrected chi connectivity index (χ1v) is 7.92. The highest BCUT2D eigenvalue weighted by molar-refractivity contribution is 5.24. The Morgan fingerprint density at radius 3 is 3.05 bits per heavy atom. The molecule has 106 valence electrons. The molecule has 1 aromatic heterocycles. The number of piperidine rings is 1. The van der Waals surface area contributed by atoms with Crippen LogP contribution in [0.3, 0.4) is 0 Å². The maximum atomic E-state index is 5.63. The van der Waals surface area contributed by atoms with Gasteiger partial charge < -0.3 is 9.73 Å². The molecular formula is C16H26N2O. The van der Waals surface area contributed by atoms with E-state index in [2.05, 4.69) is 23.2 Å². The predicted molar refractivity (Wildman–Crippen MR) is 77.3 cm³/mol. The second-order valence-corrected chi connectivity index (χ2v) is 5.94. The summed E-state index contributed by atoms with van der Waals surface area (Å²) in [6.07, 6.45) is 9.61. The molecule has 0 spiro atoms. The summed E-state index contributed by atoms with van der Waals surface area (Å²) in [6, 6.07) is 3.46. The minimum absolute atomic E-state index is 0.580. The zero-order valence-corrected chi connectivity index (χ0v) is 12.0. The van der Waals surface area contributed by atoms with Crippen molar-refractivity contribution in [3.05, 3.63) is 23.7 Å². The summed E-state index contributed by atoms with van der Waals surface area (Å²) in [5.41, 5.74) is 1.45. The van der Waals surface area contributed by atoms with Crippen molar-refractivity contribution in [3.63, 3.8) is 0 Å². The van der Waals surface area contributed by atoms with Crippen LogP contribution in [-0.2, 0) is 6.42 Å². The number of rotatable bonds is 4. The van der Waals surface area contributed by atoms with Crippen LogP contribution >= 0.6 is 0 Å². The van der Waals surface area contributed by atoms with Crippen molar-refractivity contribution in [2.24, 2.45) is 0 Å². The van der Waals surface area contributed by atoms with Crippen LogP contribution in [0.25, 0.3) is 0 Å². The molecule has 1 saturated heterocycles. The Morgan fingerprint density at radius 2 is 2.26 bits per heavy atom. The van der Waals surface area contributed by atoms with Gasteiger partial charge in [0, 0.05) is 30.6 Å².